The van der Waals surface area contributed by atoms with Gasteiger partial charge in [0.2, 0.25) is 0 Å². The van der Waals surface area contributed by atoms with Gasteiger partial charge in [0.25, 0.3) is 5.91 Å². The summed E-state index contributed by atoms with van der Waals surface area (Å²) in [7, 11) is 0. The molecule has 4 aromatic rings. The van der Waals surface area contributed by atoms with Crippen LogP contribution in [0.2, 0.25) is 5.02 Å². The number of imidazole rings is 1. The van der Waals surface area contributed by atoms with Crippen molar-refractivity contribution in [2.75, 3.05) is 6.54 Å². The molecule has 0 saturated heterocycles. The van der Waals surface area contributed by atoms with Crippen molar-refractivity contribution in [2.45, 2.75) is 6.42 Å². The zero-order valence-corrected chi connectivity index (χ0v) is 15.3. The standard InChI is InChI=1S/C19H15ClN4OS/c20-15-5-3-13(4-6-15)7-9-22-18(25)16-17(14-2-1-8-21-12-14)24-10-11-26-19(24)23-16/h1-6,8,10-12H,7,9H2,(H,22,25). The third-order valence-electron chi connectivity index (χ3n) is 4.02. The van der Waals surface area contributed by atoms with Gasteiger partial charge < -0.3 is 5.32 Å². The molecule has 1 amide bonds. The SMILES string of the molecule is O=C(NCCc1ccc(Cl)cc1)c1nc2sccn2c1-c1cccnc1. The molecule has 0 saturated carbocycles. The lowest BCUT2D eigenvalue weighted by molar-refractivity contribution is 0.0950. The Morgan fingerprint density at radius 2 is 2.08 bits per heavy atom. The number of benzene rings is 1. The van der Waals surface area contributed by atoms with Crippen molar-refractivity contribution in [2.24, 2.45) is 0 Å². The number of halogens is 1. The Kier molecular flexibility index (Phi) is 4.69. The molecule has 0 radical (unpaired) electrons. The van der Waals surface area contributed by atoms with Crippen LogP contribution in [0.3, 0.4) is 0 Å². The van der Waals surface area contributed by atoms with Crippen molar-refractivity contribution >= 4 is 33.8 Å². The first-order chi connectivity index (χ1) is 12.7. The van der Waals surface area contributed by atoms with E-state index in [-0.39, 0.29) is 5.91 Å². The van der Waals surface area contributed by atoms with Crippen LogP contribution in [0.5, 0.6) is 0 Å². The average molecular weight is 383 g/mol. The maximum atomic E-state index is 12.7. The number of fused-ring (bicyclic) bond motifs is 1. The van der Waals surface area contributed by atoms with Gasteiger partial charge in [-0.2, -0.15) is 0 Å². The van der Waals surface area contributed by atoms with Gasteiger partial charge in [-0.3, -0.25) is 14.2 Å². The molecule has 0 aliphatic heterocycles. The summed E-state index contributed by atoms with van der Waals surface area (Å²) in [6, 6.07) is 11.4. The van der Waals surface area contributed by atoms with E-state index in [4.69, 9.17) is 11.6 Å². The van der Waals surface area contributed by atoms with Gasteiger partial charge in [-0.05, 0) is 36.2 Å². The molecule has 1 aromatic carbocycles. The molecule has 7 heteroatoms. The number of carbonyl (C=O) groups is 1. The highest BCUT2D eigenvalue weighted by Gasteiger charge is 2.20. The lowest BCUT2D eigenvalue weighted by atomic mass is 10.1. The summed E-state index contributed by atoms with van der Waals surface area (Å²) in [4.78, 5) is 22.2. The summed E-state index contributed by atoms with van der Waals surface area (Å²) in [6.07, 6.45) is 6.10. The lowest BCUT2D eigenvalue weighted by Crippen LogP contribution is -2.26. The van der Waals surface area contributed by atoms with Crippen molar-refractivity contribution in [3.05, 3.63) is 76.6 Å². The van der Waals surface area contributed by atoms with E-state index in [1.54, 1.807) is 12.4 Å². The predicted octanol–water partition coefficient (Wildman–Crippen LogP) is 4.08. The molecule has 0 aliphatic carbocycles. The molecular weight excluding hydrogens is 368 g/mol. The highest BCUT2D eigenvalue weighted by molar-refractivity contribution is 7.15. The lowest BCUT2D eigenvalue weighted by Gasteiger charge is -2.06. The van der Waals surface area contributed by atoms with Crippen LogP contribution in [0.15, 0.2) is 60.4 Å². The normalized spacial score (nSPS) is 11.0. The maximum Gasteiger partial charge on any atom is 0.272 e. The second kappa shape index (κ2) is 7.27. The van der Waals surface area contributed by atoms with Gasteiger partial charge in [0.15, 0.2) is 10.7 Å². The Bertz CT molecular complexity index is 1040. The number of nitrogens with one attached hydrogen (secondary N) is 1. The summed E-state index contributed by atoms with van der Waals surface area (Å²) in [5.41, 5.74) is 3.16. The third-order valence-corrected chi connectivity index (χ3v) is 5.03. The van der Waals surface area contributed by atoms with Gasteiger partial charge in [-0.1, -0.05) is 23.7 Å². The second-order valence-corrected chi connectivity index (χ2v) is 7.05. The minimum absolute atomic E-state index is 0.186. The number of thiazole rings is 1. The number of hydrogen-bond donors (Lipinski definition) is 1. The number of hydrogen-bond acceptors (Lipinski definition) is 4. The molecule has 0 bridgehead atoms. The summed E-state index contributed by atoms with van der Waals surface area (Å²) >= 11 is 7.39. The quantitative estimate of drug-likeness (QED) is 0.565. The first kappa shape index (κ1) is 16.8. The monoisotopic (exact) mass is 382 g/mol. The molecule has 26 heavy (non-hydrogen) atoms. The van der Waals surface area contributed by atoms with Crippen molar-refractivity contribution in [3.8, 4) is 11.3 Å². The zero-order valence-electron chi connectivity index (χ0n) is 13.7. The fourth-order valence-electron chi connectivity index (χ4n) is 2.78. The van der Waals surface area contributed by atoms with Crippen molar-refractivity contribution < 1.29 is 4.79 Å². The molecule has 0 aliphatic rings. The molecule has 0 fully saturated rings. The second-order valence-electron chi connectivity index (χ2n) is 5.74. The van der Waals surface area contributed by atoms with Crippen LogP contribution in [0.25, 0.3) is 16.2 Å². The van der Waals surface area contributed by atoms with Gasteiger partial charge in [-0.15, -0.1) is 11.3 Å². The topological polar surface area (TPSA) is 59.3 Å². The van der Waals surface area contributed by atoms with Gasteiger partial charge in [0.1, 0.15) is 0 Å². The minimum atomic E-state index is -0.186. The largest absolute Gasteiger partial charge is 0.350 e. The van der Waals surface area contributed by atoms with Crippen LogP contribution in [-0.2, 0) is 6.42 Å². The number of pyridine rings is 1. The fourth-order valence-corrected chi connectivity index (χ4v) is 3.62. The van der Waals surface area contributed by atoms with Crippen LogP contribution < -0.4 is 5.32 Å². The van der Waals surface area contributed by atoms with Crippen molar-refractivity contribution in [1.82, 2.24) is 19.7 Å². The molecule has 4 rings (SSSR count). The van der Waals surface area contributed by atoms with E-state index < -0.39 is 0 Å². The number of amides is 1. The van der Waals surface area contributed by atoms with Gasteiger partial charge in [0.05, 0.1) is 5.69 Å². The van der Waals surface area contributed by atoms with Crippen molar-refractivity contribution in [1.29, 1.82) is 0 Å². The smallest absolute Gasteiger partial charge is 0.272 e. The van der Waals surface area contributed by atoms with E-state index >= 15 is 0 Å². The molecule has 130 valence electrons. The van der Waals surface area contributed by atoms with Crippen LogP contribution in [0, 0.1) is 0 Å². The van der Waals surface area contributed by atoms with Crippen LogP contribution in [-0.4, -0.2) is 26.8 Å². The number of aromatic nitrogens is 3. The average Bonchev–Trinajstić information content (AvgIpc) is 3.25. The highest BCUT2D eigenvalue weighted by atomic mass is 35.5. The summed E-state index contributed by atoms with van der Waals surface area (Å²) in [5.74, 6) is -0.186. The predicted molar refractivity (Wildman–Crippen MR) is 104 cm³/mol. The Balaban J connectivity index is 1.55. The minimum Gasteiger partial charge on any atom is -0.350 e. The van der Waals surface area contributed by atoms with E-state index in [1.165, 1.54) is 11.3 Å². The molecule has 0 atom stereocenters. The molecule has 0 unspecified atom stereocenters. The van der Waals surface area contributed by atoms with Crippen LogP contribution >= 0.6 is 22.9 Å². The summed E-state index contributed by atoms with van der Waals surface area (Å²) < 4.78 is 1.93. The van der Waals surface area contributed by atoms with Gasteiger partial charge >= 0.3 is 0 Å². The summed E-state index contributed by atoms with van der Waals surface area (Å²) in [6.45, 7) is 0.526. The Labute approximate surface area is 159 Å². The first-order valence-corrected chi connectivity index (χ1v) is 9.37. The summed E-state index contributed by atoms with van der Waals surface area (Å²) in [5, 5.41) is 5.61. The van der Waals surface area contributed by atoms with Crippen LogP contribution in [0.1, 0.15) is 16.1 Å². The molecule has 3 aromatic heterocycles. The van der Waals surface area contributed by atoms with E-state index in [9.17, 15) is 4.79 Å². The van der Waals surface area contributed by atoms with E-state index in [0.717, 1.165) is 28.2 Å². The molecule has 1 N–H and O–H groups in total. The highest BCUT2D eigenvalue weighted by Crippen LogP contribution is 2.26. The Hall–Kier alpha value is -2.70. The number of carbonyl (C=O) groups excluding carboxylic acids is 1. The van der Waals surface area contributed by atoms with E-state index in [0.29, 0.717) is 17.3 Å². The van der Waals surface area contributed by atoms with Crippen molar-refractivity contribution in [3.63, 3.8) is 0 Å². The van der Waals surface area contributed by atoms with E-state index in [1.807, 2.05) is 52.4 Å². The number of nitrogens with zero attached hydrogens (tertiary/aromatic N) is 3. The first-order valence-electron chi connectivity index (χ1n) is 8.11. The molecule has 5 nitrogen and oxygen atoms in total. The maximum absolute atomic E-state index is 12.7. The third kappa shape index (κ3) is 3.34. The zero-order chi connectivity index (χ0) is 17.9. The fraction of sp³-hybridized carbons (Fsp3) is 0.105. The Morgan fingerprint density at radius 3 is 2.85 bits per heavy atom. The van der Waals surface area contributed by atoms with Gasteiger partial charge in [0, 0.05) is 41.1 Å². The Morgan fingerprint density at radius 1 is 1.23 bits per heavy atom. The van der Waals surface area contributed by atoms with Crippen LogP contribution in [0.4, 0.5) is 0 Å². The van der Waals surface area contributed by atoms with Gasteiger partial charge in [-0.25, -0.2) is 4.98 Å². The molecule has 3 heterocycles. The van der Waals surface area contributed by atoms with E-state index in [2.05, 4.69) is 15.3 Å². The molecular formula is C19H15ClN4OS. The molecule has 0 spiro atoms. The number of rotatable bonds is 5.